The number of para-hydroxylation sites is 1. The van der Waals surface area contributed by atoms with Crippen LogP contribution in [0.25, 0.3) is 21.8 Å². The molecule has 0 aliphatic carbocycles. The summed E-state index contributed by atoms with van der Waals surface area (Å²) in [5.74, 6) is 0. The summed E-state index contributed by atoms with van der Waals surface area (Å²) < 4.78 is 5.12. The van der Waals surface area contributed by atoms with Gasteiger partial charge in [0.25, 0.3) is 0 Å². The number of fused-ring (bicyclic) bond motifs is 2. The normalized spacial score (nSPS) is 12.1. The predicted octanol–water partition coefficient (Wildman–Crippen LogP) is 7.56. The summed E-state index contributed by atoms with van der Waals surface area (Å²) in [6.07, 6.45) is 9.26. The van der Waals surface area contributed by atoms with Crippen molar-refractivity contribution in [2.24, 2.45) is 0 Å². The number of benzene rings is 2. The first-order chi connectivity index (χ1) is 17.5. The molecule has 0 amide bonds. The topological polar surface area (TPSA) is 27.2 Å². The molecule has 0 fully saturated rings. The van der Waals surface area contributed by atoms with Crippen molar-refractivity contribution < 1.29 is 0 Å². The zero-order valence-electron chi connectivity index (χ0n) is 22.0. The summed E-state index contributed by atoms with van der Waals surface area (Å²) in [6, 6.07) is 13.5. The van der Waals surface area contributed by atoms with Crippen LogP contribution in [0.3, 0.4) is 0 Å². The molecule has 0 saturated carbocycles. The van der Waals surface area contributed by atoms with Crippen LogP contribution in [0.1, 0.15) is 44.7 Å². The maximum absolute atomic E-state index is 3.50. The molecule has 0 bridgehead atoms. The third-order valence-electron chi connectivity index (χ3n) is 7.25. The van der Waals surface area contributed by atoms with Crippen molar-refractivity contribution in [3.63, 3.8) is 0 Å². The van der Waals surface area contributed by atoms with E-state index >= 15 is 0 Å². The van der Waals surface area contributed by atoms with Gasteiger partial charge in [0.1, 0.15) is 0 Å². The molecule has 6 heteroatoms. The summed E-state index contributed by atoms with van der Waals surface area (Å²) in [5, 5.41) is 2.81. The number of nitrogens with zero attached hydrogens (tertiary/aromatic N) is 3. The number of nitrogens with one attached hydrogen (secondary N) is 1. The largest absolute Gasteiger partial charge is 0.360 e. The summed E-state index contributed by atoms with van der Waals surface area (Å²) >= 11 is 4.88. The second-order valence-corrected chi connectivity index (χ2v) is 12.2. The highest BCUT2D eigenvalue weighted by Crippen LogP contribution is 2.26. The molecular weight excluding hydrogens is 670 g/mol. The van der Waals surface area contributed by atoms with Gasteiger partial charge in [-0.3, -0.25) is 0 Å². The first kappa shape index (κ1) is 27.9. The Bertz CT molecular complexity index is 1260. The molecule has 4 nitrogen and oxygen atoms in total. The van der Waals surface area contributed by atoms with Crippen molar-refractivity contribution in [1.82, 2.24) is 19.4 Å². The van der Waals surface area contributed by atoms with Gasteiger partial charge in [-0.05, 0) is 126 Å². The van der Waals surface area contributed by atoms with E-state index < -0.39 is 0 Å². The van der Waals surface area contributed by atoms with E-state index in [-0.39, 0.29) is 0 Å². The summed E-state index contributed by atoms with van der Waals surface area (Å²) in [7, 11) is 0. The molecule has 2 aromatic carbocycles. The van der Waals surface area contributed by atoms with E-state index in [1.165, 1.54) is 59.5 Å². The standard InChI is InChI=1S/C30H40I2N4/c1-4-14-34(6-3)16-13-24-22-36(29-11-10-25(31)20-27(24)29)19-18-35(15-5-2)17-12-23-21-33-30-26(23)8-7-9-28(30)32/h7-11,20-22,33H,4-6,12-19H2,1-3H3. The quantitative estimate of drug-likeness (QED) is 0.137. The van der Waals surface area contributed by atoms with Crippen LogP contribution in [0.2, 0.25) is 0 Å². The molecule has 4 rings (SSSR count). The van der Waals surface area contributed by atoms with Gasteiger partial charge in [-0.25, -0.2) is 0 Å². The molecule has 0 unspecified atom stereocenters. The Labute approximate surface area is 244 Å². The van der Waals surface area contributed by atoms with Crippen LogP contribution in [0.4, 0.5) is 0 Å². The Balaban J connectivity index is 1.45. The number of rotatable bonds is 14. The molecular formula is C30H40I2N4. The minimum atomic E-state index is 1.04. The fourth-order valence-electron chi connectivity index (χ4n) is 5.31. The first-order valence-electron chi connectivity index (χ1n) is 13.5. The van der Waals surface area contributed by atoms with Gasteiger partial charge in [0.05, 0.1) is 5.52 Å². The Hall–Kier alpha value is -1.10. The van der Waals surface area contributed by atoms with E-state index in [0.717, 1.165) is 52.1 Å². The maximum Gasteiger partial charge on any atom is 0.0592 e. The van der Waals surface area contributed by atoms with Crippen LogP contribution < -0.4 is 0 Å². The van der Waals surface area contributed by atoms with Gasteiger partial charge in [-0.1, -0.05) is 32.9 Å². The van der Waals surface area contributed by atoms with E-state index in [2.05, 4.69) is 134 Å². The van der Waals surface area contributed by atoms with Crippen molar-refractivity contribution in [3.05, 3.63) is 67.1 Å². The minimum Gasteiger partial charge on any atom is -0.360 e. The van der Waals surface area contributed by atoms with E-state index in [1.807, 2.05) is 0 Å². The Morgan fingerprint density at radius 3 is 2.33 bits per heavy atom. The van der Waals surface area contributed by atoms with Crippen molar-refractivity contribution in [2.45, 2.75) is 53.0 Å². The second kappa shape index (κ2) is 13.6. The average Bonchev–Trinajstić information content (AvgIpc) is 3.45. The molecule has 1 N–H and O–H groups in total. The number of aromatic nitrogens is 2. The third-order valence-corrected chi connectivity index (χ3v) is 8.82. The van der Waals surface area contributed by atoms with Crippen LogP contribution >= 0.6 is 45.2 Å². The third kappa shape index (κ3) is 6.85. The zero-order chi connectivity index (χ0) is 25.5. The second-order valence-electron chi connectivity index (χ2n) is 9.76. The van der Waals surface area contributed by atoms with Gasteiger partial charge in [0.15, 0.2) is 0 Å². The highest BCUT2D eigenvalue weighted by molar-refractivity contribution is 14.1. The summed E-state index contributed by atoms with van der Waals surface area (Å²) in [4.78, 5) is 8.71. The van der Waals surface area contributed by atoms with Crippen LogP contribution in [0, 0.1) is 7.14 Å². The molecule has 194 valence electrons. The lowest BCUT2D eigenvalue weighted by Crippen LogP contribution is -2.30. The molecule has 0 atom stereocenters. The van der Waals surface area contributed by atoms with Crippen LogP contribution in [0.5, 0.6) is 0 Å². The Morgan fingerprint density at radius 2 is 1.56 bits per heavy atom. The number of H-pyrrole nitrogens is 1. The zero-order valence-corrected chi connectivity index (χ0v) is 26.3. The van der Waals surface area contributed by atoms with Crippen LogP contribution in [-0.4, -0.2) is 58.6 Å². The molecule has 0 radical (unpaired) electrons. The monoisotopic (exact) mass is 710 g/mol. The predicted molar refractivity (Wildman–Crippen MR) is 172 cm³/mol. The van der Waals surface area contributed by atoms with Crippen LogP contribution in [0.15, 0.2) is 48.8 Å². The van der Waals surface area contributed by atoms with Gasteiger partial charge in [-0.2, -0.15) is 0 Å². The fourth-order valence-corrected chi connectivity index (χ4v) is 6.46. The summed E-state index contributed by atoms with van der Waals surface area (Å²) in [6.45, 7) is 14.7. The van der Waals surface area contributed by atoms with Gasteiger partial charge in [0.2, 0.25) is 0 Å². The lowest BCUT2D eigenvalue weighted by molar-refractivity contribution is 0.267. The maximum atomic E-state index is 3.50. The molecule has 2 aromatic heterocycles. The van der Waals surface area contributed by atoms with Crippen molar-refractivity contribution in [3.8, 4) is 0 Å². The fraction of sp³-hybridized carbons (Fsp3) is 0.467. The number of hydrogen-bond donors (Lipinski definition) is 1. The van der Waals surface area contributed by atoms with Gasteiger partial charge < -0.3 is 19.4 Å². The highest BCUT2D eigenvalue weighted by atomic mass is 127. The van der Waals surface area contributed by atoms with Gasteiger partial charge >= 0.3 is 0 Å². The van der Waals surface area contributed by atoms with Gasteiger partial charge in [0, 0.05) is 62.0 Å². The SMILES string of the molecule is CCCN(CC)CCc1cn(CCN(CCC)CCc2c[nH]c3c(I)cccc23)c2ccc(I)cc12. The molecule has 0 spiro atoms. The molecule has 0 aliphatic heterocycles. The smallest absolute Gasteiger partial charge is 0.0592 e. The van der Waals surface area contributed by atoms with E-state index in [4.69, 9.17) is 0 Å². The summed E-state index contributed by atoms with van der Waals surface area (Å²) in [5.41, 5.74) is 5.58. The number of aromatic amines is 1. The van der Waals surface area contributed by atoms with Crippen molar-refractivity contribution in [2.75, 3.05) is 39.3 Å². The molecule has 0 saturated heterocycles. The number of halogens is 2. The van der Waals surface area contributed by atoms with Crippen molar-refractivity contribution in [1.29, 1.82) is 0 Å². The highest BCUT2D eigenvalue weighted by Gasteiger charge is 2.13. The molecule has 2 heterocycles. The molecule has 0 aliphatic rings. The average molecular weight is 710 g/mol. The number of hydrogen-bond acceptors (Lipinski definition) is 2. The van der Waals surface area contributed by atoms with Gasteiger partial charge in [-0.15, -0.1) is 0 Å². The van der Waals surface area contributed by atoms with E-state index in [9.17, 15) is 0 Å². The molecule has 36 heavy (non-hydrogen) atoms. The Kier molecular flexibility index (Phi) is 10.6. The first-order valence-corrected chi connectivity index (χ1v) is 15.7. The minimum absolute atomic E-state index is 1.04. The van der Waals surface area contributed by atoms with Crippen molar-refractivity contribution >= 4 is 67.0 Å². The van der Waals surface area contributed by atoms with E-state index in [0.29, 0.717) is 0 Å². The number of likely N-dealkylation sites (N-methyl/N-ethyl adjacent to an activating group) is 1. The van der Waals surface area contributed by atoms with E-state index in [1.54, 1.807) is 0 Å². The van der Waals surface area contributed by atoms with Crippen LogP contribution in [-0.2, 0) is 19.4 Å². The molecule has 4 aromatic rings. The Morgan fingerprint density at radius 1 is 0.806 bits per heavy atom. The lowest BCUT2D eigenvalue weighted by Gasteiger charge is -2.22. The lowest BCUT2D eigenvalue weighted by atomic mass is 10.1.